The molecule has 0 atom stereocenters. The van der Waals surface area contributed by atoms with Gasteiger partial charge in [0.05, 0.1) is 14.2 Å². The number of hydrogen-bond donors (Lipinski definition) is 2. The van der Waals surface area contributed by atoms with E-state index in [4.69, 9.17) is 9.47 Å². The number of benzene rings is 2. The molecule has 0 spiro atoms. The van der Waals surface area contributed by atoms with Crippen LogP contribution in [0.5, 0.6) is 11.5 Å². The average molecular weight is 378 g/mol. The van der Waals surface area contributed by atoms with Crippen molar-refractivity contribution in [3.05, 3.63) is 65.7 Å². The van der Waals surface area contributed by atoms with Gasteiger partial charge in [0, 0.05) is 5.69 Å². The molecule has 0 aliphatic heterocycles. The number of carbonyl (C=O) groups excluding carboxylic acids is 1. The maximum Gasteiger partial charge on any atom is 0.264 e. The van der Waals surface area contributed by atoms with Gasteiger partial charge in [-0.1, -0.05) is 31.2 Å². The van der Waals surface area contributed by atoms with Crippen molar-refractivity contribution in [2.45, 2.75) is 13.3 Å². The number of aromatic nitrogens is 2. The molecule has 3 aromatic rings. The van der Waals surface area contributed by atoms with E-state index in [1.165, 1.54) is 19.8 Å². The molecule has 2 N–H and O–H groups in total. The maximum atomic E-state index is 12.7. The highest BCUT2D eigenvalue weighted by atomic mass is 16.5. The van der Waals surface area contributed by atoms with E-state index in [0.29, 0.717) is 28.7 Å². The van der Waals surface area contributed by atoms with Crippen LogP contribution in [0.15, 0.2) is 54.6 Å². The predicted molar refractivity (Wildman–Crippen MR) is 109 cm³/mol. The normalized spacial score (nSPS) is 10.2. The number of ether oxygens (including phenoxy) is 2. The van der Waals surface area contributed by atoms with Crippen molar-refractivity contribution in [2.75, 3.05) is 24.9 Å². The number of rotatable bonds is 7. The highest BCUT2D eigenvalue weighted by Gasteiger charge is 2.18. The number of carbonyl (C=O) groups is 1. The van der Waals surface area contributed by atoms with Gasteiger partial charge in [0.2, 0.25) is 0 Å². The van der Waals surface area contributed by atoms with Crippen molar-refractivity contribution in [3.8, 4) is 11.5 Å². The molecule has 7 nitrogen and oxygen atoms in total. The van der Waals surface area contributed by atoms with Crippen molar-refractivity contribution < 1.29 is 14.3 Å². The van der Waals surface area contributed by atoms with Gasteiger partial charge in [-0.2, -0.15) is 0 Å². The van der Waals surface area contributed by atoms with Crippen molar-refractivity contribution >= 4 is 23.2 Å². The molecule has 1 aromatic heterocycles. The van der Waals surface area contributed by atoms with Crippen LogP contribution in [-0.2, 0) is 6.42 Å². The molecule has 0 aliphatic rings. The first-order chi connectivity index (χ1) is 13.7. The van der Waals surface area contributed by atoms with Crippen LogP contribution in [0, 0.1) is 0 Å². The van der Waals surface area contributed by atoms with E-state index < -0.39 is 0 Å². The summed E-state index contributed by atoms with van der Waals surface area (Å²) in [6.45, 7) is 2.09. The summed E-state index contributed by atoms with van der Waals surface area (Å²) in [6.07, 6.45) is 0.908. The molecule has 0 aliphatic carbocycles. The lowest BCUT2D eigenvalue weighted by molar-refractivity contribution is 0.102. The standard InChI is InChI=1S/C21H22N4O3/c1-4-14-8-5-6-9-15(14)22-18-12-13-19(25-24-18)23-21(26)20-16(27-2)10-7-11-17(20)28-3/h5-13H,4H2,1-3H3,(H,22,24)(H,23,25,26). The summed E-state index contributed by atoms with van der Waals surface area (Å²) in [6, 6.07) is 16.6. The first kappa shape index (κ1) is 19.2. The number of nitrogens with zero attached hydrogens (tertiary/aromatic N) is 2. The van der Waals surface area contributed by atoms with Gasteiger partial charge >= 0.3 is 0 Å². The number of amides is 1. The Bertz CT molecular complexity index is 936. The fourth-order valence-electron chi connectivity index (χ4n) is 2.81. The third-order valence-corrected chi connectivity index (χ3v) is 4.22. The molecule has 2 aromatic carbocycles. The van der Waals surface area contributed by atoms with Crippen LogP contribution in [0.2, 0.25) is 0 Å². The SMILES string of the molecule is CCc1ccccc1Nc1ccc(NC(=O)c2c(OC)cccc2OC)nn1. The monoisotopic (exact) mass is 378 g/mol. The summed E-state index contributed by atoms with van der Waals surface area (Å²) in [5, 5.41) is 14.2. The van der Waals surface area contributed by atoms with E-state index >= 15 is 0 Å². The van der Waals surface area contributed by atoms with Gasteiger partial charge in [-0.3, -0.25) is 4.79 Å². The summed E-state index contributed by atoms with van der Waals surface area (Å²) < 4.78 is 10.5. The smallest absolute Gasteiger partial charge is 0.264 e. The molecule has 144 valence electrons. The first-order valence-electron chi connectivity index (χ1n) is 8.87. The Morgan fingerprint density at radius 2 is 1.54 bits per heavy atom. The van der Waals surface area contributed by atoms with Crippen LogP contribution in [0.1, 0.15) is 22.8 Å². The van der Waals surface area contributed by atoms with E-state index in [-0.39, 0.29) is 5.91 Å². The fraction of sp³-hybridized carbons (Fsp3) is 0.190. The molecule has 28 heavy (non-hydrogen) atoms. The number of aryl methyl sites for hydroxylation is 1. The minimum Gasteiger partial charge on any atom is -0.496 e. The topological polar surface area (TPSA) is 85.4 Å². The molecule has 0 radical (unpaired) electrons. The highest BCUT2D eigenvalue weighted by molar-refractivity contribution is 6.07. The van der Waals surface area contributed by atoms with Gasteiger partial charge in [-0.15, -0.1) is 10.2 Å². The lowest BCUT2D eigenvalue weighted by atomic mass is 10.1. The third kappa shape index (κ3) is 4.20. The van der Waals surface area contributed by atoms with Crippen LogP contribution in [0.25, 0.3) is 0 Å². The summed E-state index contributed by atoms with van der Waals surface area (Å²) in [7, 11) is 3.00. The number of hydrogen-bond acceptors (Lipinski definition) is 6. The van der Waals surface area contributed by atoms with Crippen LogP contribution in [0.4, 0.5) is 17.3 Å². The lowest BCUT2D eigenvalue weighted by Crippen LogP contribution is -2.16. The summed E-state index contributed by atoms with van der Waals surface area (Å²) in [4.78, 5) is 12.7. The molecule has 0 saturated heterocycles. The zero-order chi connectivity index (χ0) is 19.9. The summed E-state index contributed by atoms with van der Waals surface area (Å²) in [5.41, 5.74) is 2.47. The molecule has 0 saturated carbocycles. The number of anilines is 3. The molecule has 0 fully saturated rings. The fourth-order valence-corrected chi connectivity index (χ4v) is 2.81. The van der Waals surface area contributed by atoms with Crippen molar-refractivity contribution in [3.63, 3.8) is 0 Å². The molecular formula is C21H22N4O3. The minimum absolute atomic E-state index is 0.299. The Hall–Kier alpha value is -3.61. The van der Waals surface area contributed by atoms with Gasteiger partial charge in [-0.25, -0.2) is 0 Å². The zero-order valence-electron chi connectivity index (χ0n) is 16.0. The molecule has 3 rings (SSSR count). The predicted octanol–water partition coefficient (Wildman–Crippen LogP) is 4.05. The average Bonchev–Trinajstić information content (AvgIpc) is 2.74. The zero-order valence-corrected chi connectivity index (χ0v) is 16.0. The third-order valence-electron chi connectivity index (χ3n) is 4.22. The van der Waals surface area contributed by atoms with E-state index in [1.54, 1.807) is 30.3 Å². The van der Waals surface area contributed by atoms with Gasteiger partial charge in [0.1, 0.15) is 17.1 Å². The van der Waals surface area contributed by atoms with E-state index in [0.717, 1.165) is 12.1 Å². The molecule has 7 heteroatoms. The number of methoxy groups -OCH3 is 2. The van der Waals surface area contributed by atoms with Crippen LogP contribution in [0.3, 0.4) is 0 Å². The second-order valence-corrected chi connectivity index (χ2v) is 5.93. The lowest BCUT2D eigenvalue weighted by Gasteiger charge is -2.13. The van der Waals surface area contributed by atoms with Crippen LogP contribution < -0.4 is 20.1 Å². The Morgan fingerprint density at radius 3 is 2.14 bits per heavy atom. The van der Waals surface area contributed by atoms with Crippen molar-refractivity contribution in [1.82, 2.24) is 10.2 Å². The van der Waals surface area contributed by atoms with E-state index in [2.05, 4.69) is 33.8 Å². The van der Waals surface area contributed by atoms with Crippen LogP contribution in [-0.4, -0.2) is 30.3 Å². The van der Waals surface area contributed by atoms with Gasteiger partial charge in [0.25, 0.3) is 5.91 Å². The number of nitrogens with one attached hydrogen (secondary N) is 2. The van der Waals surface area contributed by atoms with Gasteiger partial charge in [-0.05, 0) is 42.3 Å². The summed E-state index contributed by atoms with van der Waals surface area (Å²) >= 11 is 0. The first-order valence-corrected chi connectivity index (χ1v) is 8.87. The van der Waals surface area contributed by atoms with E-state index in [1.807, 2.05) is 18.2 Å². The Balaban J connectivity index is 1.75. The van der Waals surface area contributed by atoms with Crippen molar-refractivity contribution in [1.29, 1.82) is 0 Å². The Morgan fingerprint density at radius 1 is 0.893 bits per heavy atom. The van der Waals surface area contributed by atoms with Crippen LogP contribution >= 0.6 is 0 Å². The molecule has 0 unspecified atom stereocenters. The maximum absolute atomic E-state index is 12.7. The van der Waals surface area contributed by atoms with Gasteiger partial charge < -0.3 is 20.1 Å². The van der Waals surface area contributed by atoms with Crippen molar-refractivity contribution in [2.24, 2.45) is 0 Å². The second-order valence-electron chi connectivity index (χ2n) is 5.93. The number of para-hydroxylation sites is 1. The summed E-state index contributed by atoms with van der Waals surface area (Å²) in [5.74, 6) is 1.36. The highest BCUT2D eigenvalue weighted by Crippen LogP contribution is 2.29. The largest absolute Gasteiger partial charge is 0.496 e. The molecular weight excluding hydrogens is 356 g/mol. The van der Waals surface area contributed by atoms with E-state index in [9.17, 15) is 4.79 Å². The second kappa shape index (κ2) is 8.85. The molecule has 1 amide bonds. The molecule has 0 bridgehead atoms. The Labute approximate surface area is 163 Å². The minimum atomic E-state index is -0.388. The molecule has 1 heterocycles. The Kier molecular flexibility index (Phi) is 6.06. The quantitative estimate of drug-likeness (QED) is 0.645. The van der Waals surface area contributed by atoms with Gasteiger partial charge in [0.15, 0.2) is 11.6 Å².